The van der Waals surface area contributed by atoms with Gasteiger partial charge in [-0.2, -0.15) is 0 Å². The van der Waals surface area contributed by atoms with Gasteiger partial charge in [0.15, 0.2) is 18.2 Å². The maximum Gasteiger partial charge on any atom is 0.195 e. The van der Waals surface area contributed by atoms with Crippen molar-refractivity contribution < 1.29 is 13.8 Å². The quantitative estimate of drug-likeness (QED) is 0.407. The van der Waals surface area contributed by atoms with Crippen molar-refractivity contribution in [3.05, 3.63) is 0 Å². The molecule has 9 heteroatoms. The van der Waals surface area contributed by atoms with Crippen LogP contribution < -0.4 is 10.6 Å². The van der Waals surface area contributed by atoms with Gasteiger partial charge in [0.1, 0.15) is 0 Å². The first-order valence-electron chi connectivity index (χ1n) is 4.27. The molecule has 0 aromatic rings. The first-order valence-corrected chi connectivity index (χ1v) is 4.71. The van der Waals surface area contributed by atoms with Crippen LogP contribution in [0, 0.1) is 0 Å². The molecule has 0 radical (unpaired) electrons. The van der Waals surface area contributed by atoms with E-state index in [0.717, 1.165) is 5.06 Å². The minimum atomic E-state index is -1.27. The molecule has 2 N–H and O–H groups in total. The number of hydrogen-bond donors (Lipinski definition) is 2. The number of alkyl halides is 1. The molecule has 6 nitrogen and oxygen atoms in total. The number of halogens is 3. The fourth-order valence-corrected chi connectivity index (χ4v) is 1.67. The summed E-state index contributed by atoms with van der Waals surface area (Å²) in [6.45, 7) is 0. The van der Waals surface area contributed by atoms with Gasteiger partial charge in [0, 0.05) is 0 Å². The Kier molecular flexibility index (Phi) is 4.59. The van der Waals surface area contributed by atoms with Crippen molar-refractivity contribution in [3.63, 3.8) is 0 Å². The monoisotopic (exact) mass is 245 g/mol. The molecular weight excluding hydrogens is 232 g/mol. The molecule has 1 aliphatic rings. The first kappa shape index (κ1) is 13.0. The molecular formula is C6H14ClF2N5O. The van der Waals surface area contributed by atoms with Crippen molar-refractivity contribution in [1.29, 1.82) is 0 Å². The largest absolute Gasteiger partial charge is 0.297 e. The third-order valence-corrected chi connectivity index (χ3v) is 2.46. The standard InChI is InChI=1S/C6H14ClF2N5O/c1-10-5-12(8)4(7)14(15-3)6(11-2)13(5)9/h4-6,10-11H,1-3H3. The lowest BCUT2D eigenvalue weighted by Crippen LogP contribution is -2.71. The second-order valence-electron chi connectivity index (χ2n) is 2.87. The van der Waals surface area contributed by atoms with Crippen LogP contribution in [0.15, 0.2) is 0 Å². The van der Waals surface area contributed by atoms with Gasteiger partial charge in [0.05, 0.1) is 7.11 Å². The molecule has 0 aliphatic carbocycles. The number of hydroxylamine groups is 2. The highest BCUT2D eigenvalue weighted by Crippen LogP contribution is 2.26. The van der Waals surface area contributed by atoms with E-state index < -0.39 is 18.2 Å². The molecule has 0 amide bonds. The molecule has 0 spiro atoms. The Balaban J connectivity index is 2.87. The molecule has 0 bridgehead atoms. The molecule has 0 aromatic carbocycles. The molecule has 1 heterocycles. The van der Waals surface area contributed by atoms with E-state index in [-0.39, 0.29) is 10.2 Å². The van der Waals surface area contributed by atoms with E-state index in [1.807, 2.05) is 0 Å². The Labute approximate surface area is 91.5 Å². The van der Waals surface area contributed by atoms with Gasteiger partial charge >= 0.3 is 0 Å². The van der Waals surface area contributed by atoms with E-state index in [1.54, 1.807) is 0 Å². The molecule has 1 rings (SSSR count). The lowest BCUT2D eigenvalue weighted by Gasteiger charge is -2.46. The van der Waals surface area contributed by atoms with Crippen molar-refractivity contribution >= 4 is 11.6 Å². The molecule has 1 aliphatic heterocycles. The van der Waals surface area contributed by atoms with Crippen molar-refractivity contribution in [1.82, 2.24) is 25.9 Å². The summed E-state index contributed by atoms with van der Waals surface area (Å²) in [5, 5.41) is 6.29. The average molecular weight is 246 g/mol. The van der Waals surface area contributed by atoms with E-state index in [1.165, 1.54) is 21.2 Å². The average Bonchev–Trinajstić information content (AvgIpc) is 2.23. The summed E-state index contributed by atoms with van der Waals surface area (Å²) < 4.78 is 27.1. The summed E-state index contributed by atoms with van der Waals surface area (Å²) >= 11 is 5.72. The molecule has 90 valence electrons. The molecule has 0 aromatic heterocycles. The van der Waals surface area contributed by atoms with E-state index >= 15 is 0 Å². The van der Waals surface area contributed by atoms with Crippen LogP contribution in [0.1, 0.15) is 0 Å². The van der Waals surface area contributed by atoms with Gasteiger partial charge in [-0.1, -0.05) is 21.8 Å². The summed E-state index contributed by atoms with van der Waals surface area (Å²) in [5.74, 6) is 0. The molecule has 3 atom stereocenters. The molecule has 3 unspecified atom stereocenters. The predicted molar refractivity (Wildman–Crippen MR) is 50.1 cm³/mol. The third kappa shape index (κ3) is 2.21. The second kappa shape index (κ2) is 5.30. The van der Waals surface area contributed by atoms with Gasteiger partial charge in [-0.15, -0.1) is 14.0 Å². The van der Waals surface area contributed by atoms with Crippen molar-refractivity contribution in [3.8, 4) is 0 Å². The lowest BCUT2D eigenvalue weighted by atomic mass is 10.5. The van der Waals surface area contributed by atoms with Crippen LogP contribution in [-0.2, 0) is 4.84 Å². The molecule has 0 saturated carbocycles. The van der Waals surface area contributed by atoms with Crippen molar-refractivity contribution in [2.24, 2.45) is 0 Å². The summed E-state index contributed by atoms with van der Waals surface area (Å²) in [6, 6.07) is 0. The maximum atomic E-state index is 13.6. The Morgan fingerprint density at radius 1 is 1.13 bits per heavy atom. The van der Waals surface area contributed by atoms with Crippen LogP contribution in [0.4, 0.5) is 8.96 Å². The van der Waals surface area contributed by atoms with Crippen molar-refractivity contribution in [2.45, 2.75) is 18.2 Å². The zero-order valence-corrected chi connectivity index (χ0v) is 9.37. The second-order valence-corrected chi connectivity index (χ2v) is 3.26. The van der Waals surface area contributed by atoms with Crippen LogP contribution >= 0.6 is 11.6 Å². The minimum absolute atomic E-state index is 0.0961. The summed E-state index contributed by atoms with van der Waals surface area (Å²) in [7, 11) is 4.21. The number of nitrogens with one attached hydrogen (secondary N) is 2. The Morgan fingerprint density at radius 3 is 2.07 bits per heavy atom. The topological polar surface area (TPSA) is 43.0 Å². The third-order valence-electron chi connectivity index (χ3n) is 2.08. The minimum Gasteiger partial charge on any atom is -0.297 e. The Bertz CT molecular complexity index is 214. The fourth-order valence-electron chi connectivity index (χ4n) is 1.37. The highest BCUT2D eigenvalue weighted by atomic mass is 35.5. The SMILES string of the molecule is CNC1N(F)C(Cl)N(OC)C(NC)N1F. The van der Waals surface area contributed by atoms with Gasteiger partial charge in [-0.3, -0.25) is 15.5 Å². The number of nitrogens with zero attached hydrogens (tertiary/aromatic N) is 3. The number of hydrogen-bond acceptors (Lipinski definition) is 6. The van der Waals surface area contributed by atoms with Crippen LogP contribution in [0.3, 0.4) is 0 Å². The predicted octanol–water partition coefficient (Wildman–Crippen LogP) is -0.235. The van der Waals surface area contributed by atoms with Crippen LogP contribution in [-0.4, -0.2) is 54.7 Å². The van der Waals surface area contributed by atoms with E-state index in [2.05, 4.69) is 10.6 Å². The summed E-state index contributed by atoms with van der Waals surface area (Å²) in [6.07, 6.45) is -2.24. The molecule has 1 fully saturated rings. The van der Waals surface area contributed by atoms with Gasteiger partial charge in [-0.05, 0) is 14.1 Å². The zero-order valence-electron chi connectivity index (χ0n) is 8.62. The van der Waals surface area contributed by atoms with E-state index in [0.29, 0.717) is 0 Å². The lowest BCUT2D eigenvalue weighted by molar-refractivity contribution is -0.370. The van der Waals surface area contributed by atoms with E-state index in [4.69, 9.17) is 16.4 Å². The summed E-state index contributed by atoms with van der Waals surface area (Å²) in [5.41, 5.74) is -1.23. The Hall–Kier alpha value is -0.0900. The van der Waals surface area contributed by atoms with Crippen LogP contribution in [0.2, 0.25) is 0 Å². The van der Waals surface area contributed by atoms with Gasteiger partial charge < -0.3 is 0 Å². The Morgan fingerprint density at radius 2 is 1.67 bits per heavy atom. The smallest absolute Gasteiger partial charge is 0.195 e. The van der Waals surface area contributed by atoms with Gasteiger partial charge in [-0.25, -0.2) is 0 Å². The number of rotatable bonds is 3. The highest BCUT2D eigenvalue weighted by molar-refractivity contribution is 6.19. The highest BCUT2D eigenvalue weighted by Gasteiger charge is 2.47. The first-order chi connectivity index (χ1) is 7.08. The van der Waals surface area contributed by atoms with Gasteiger partial charge in [0.2, 0.25) is 0 Å². The maximum absolute atomic E-state index is 13.6. The van der Waals surface area contributed by atoms with E-state index in [9.17, 15) is 8.96 Å². The molecule has 1 saturated heterocycles. The normalized spacial score (nSPS) is 36.0. The fraction of sp³-hybridized carbons (Fsp3) is 1.00. The van der Waals surface area contributed by atoms with Gasteiger partial charge in [0.25, 0.3) is 0 Å². The molecule has 15 heavy (non-hydrogen) atoms. The van der Waals surface area contributed by atoms with Crippen LogP contribution in [0.5, 0.6) is 0 Å². The zero-order chi connectivity index (χ0) is 11.6. The van der Waals surface area contributed by atoms with Crippen molar-refractivity contribution in [2.75, 3.05) is 21.2 Å². The summed E-state index contributed by atoms with van der Waals surface area (Å²) in [4.78, 5) is 4.79. The van der Waals surface area contributed by atoms with Crippen LogP contribution in [0.25, 0.3) is 0 Å².